The topological polar surface area (TPSA) is 77.9 Å². The Morgan fingerprint density at radius 1 is 1.06 bits per heavy atom. The average molecular weight is 706 g/mol. The second-order valence-electron chi connectivity index (χ2n) is 16.1. The lowest BCUT2D eigenvalue weighted by molar-refractivity contribution is -0.138. The fourth-order valence-electron chi connectivity index (χ4n) is 7.26. The first-order valence-electron chi connectivity index (χ1n) is 16.2. The van der Waals surface area contributed by atoms with Crippen molar-refractivity contribution in [2.45, 2.75) is 127 Å². The molecule has 0 unspecified atom stereocenters. The molecule has 3 heterocycles. The summed E-state index contributed by atoms with van der Waals surface area (Å²) >= 11 is 0. The van der Waals surface area contributed by atoms with Gasteiger partial charge < -0.3 is 19.0 Å². The number of hydrogen-bond donors (Lipinski definition) is 1. The maximum absolute atomic E-state index is 13.7. The highest BCUT2D eigenvalue weighted by Crippen LogP contribution is 3.02. The summed E-state index contributed by atoms with van der Waals surface area (Å²) in [5.74, 6) is -1.55. The summed E-state index contributed by atoms with van der Waals surface area (Å²) in [5, 5.41) is 9.94. The van der Waals surface area contributed by atoms with Crippen LogP contribution in [0, 0.1) is 5.41 Å². The fraction of sp³-hybridized carbons (Fsp3) is 0.647. The standard InChI is InChI=1S/C34H48F5NO5SSi/c1-20(2)29-27-28(26-24(45-47(8,9)32(3,4)5)19-33(6,7)23(18-25(41)42)30(26)40-29)34(14-16-43-17-15-34)44-31(27)21-10-12-22(13-11-21)46(35,36,37,38)39/h10-13,20,23-24,31H,14-19H2,1-9H3,(H,41,42)/t23-,24-,31+/m0/s1. The minimum Gasteiger partial charge on any atom is -0.481 e. The number of aromatic nitrogens is 1. The maximum atomic E-state index is 13.7. The van der Waals surface area contributed by atoms with Crippen molar-refractivity contribution in [2.24, 2.45) is 5.41 Å². The highest BCUT2D eigenvalue weighted by Gasteiger charge is 2.65. The van der Waals surface area contributed by atoms with Crippen molar-refractivity contribution in [2.75, 3.05) is 13.2 Å². The number of pyridine rings is 1. The van der Waals surface area contributed by atoms with Crippen LogP contribution in [0.5, 0.6) is 0 Å². The van der Waals surface area contributed by atoms with Crippen molar-refractivity contribution in [1.29, 1.82) is 0 Å². The first kappa shape index (κ1) is 36.2. The molecule has 0 radical (unpaired) electrons. The summed E-state index contributed by atoms with van der Waals surface area (Å²) in [5.41, 5.74) is 2.60. The predicted molar refractivity (Wildman–Crippen MR) is 175 cm³/mol. The van der Waals surface area contributed by atoms with Gasteiger partial charge in [-0.2, -0.15) is 0 Å². The third-order valence-corrected chi connectivity index (χ3v) is 16.4. The number of hydrogen-bond acceptors (Lipinski definition) is 5. The van der Waals surface area contributed by atoms with Crippen LogP contribution in [0.3, 0.4) is 0 Å². The minimum absolute atomic E-state index is 0.133. The molecule has 2 aromatic rings. The largest absolute Gasteiger partial charge is 0.481 e. The molecule has 47 heavy (non-hydrogen) atoms. The lowest BCUT2D eigenvalue weighted by Gasteiger charge is -2.49. The Morgan fingerprint density at radius 3 is 2.13 bits per heavy atom. The second-order valence-corrected chi connectivity index (χ2v) is 23.3. The summed E-state index contributed by atoms with van der Waals surface area (Å²) in [7, 11) is -12.3. The summed E-state index contributed by atoms with van der Waals surface area (Å²) in [6.45, 7) is 19.6. The Labute approximate surface area is 275 Å². The van der Waals surface area contributed by atoms with Gasteiger partial charge in [0.15, 0.2) is 8.32 Å². The van der Waals surface area contributed by atoms with E-state index < -0.39 is 58.5 Å². The number of ether oxygens (including phenoxy) is 2. The van der Waals surface area contributed by atoms with E-state index in [9.17, 15) is 29.3 Å². The quantitative estimate of drug-likeness (QED) is 0.228. The van der Waals surface area contributed by atoms with E-state index in [1.165, 1.54) is 0 Å². The van der Waals surface area contributed by atoms with Gasteiger partial charge in [-0.25, -0.2) is 0 Å². The van der Waals surface area contributed by atoms with E-state index in [-0.39, 0.29) is 17.4 Å². The normalized spacial score (nSPS) is 25.6. The number of carboxylic acids is 1. The molecule has 13 heteroatoms. The zero-order valence-electron chi connectivity index (χ0n) is 28.7. The van der Waals surface area contributed by atoms with Gasteiger partial charge >= 0.3 is 16.2 Å². The van der Waals surface area contributed by atoms with E-state index in [1.807, 2.05) is 13.8 Å². The molecule has 3 aliphatic rings. The number of benzene rings is 1. The summed E-state index contributed by atoms with van der Waals surface area (Å²) in [6, 6.07) is 3.02. The van der Waals surface area contributed by atoms with E-state index in [0.717, 1.165) is 23.3 Å². The molecule has 0 saturated carbocycles. The van der Waals surface area contributed by atoms with Gasteiger partial charge in [0.05, 0.1) is 23.8 Å². The monoisotopic (exact) mass is 705 g/mol. The minimum atomic E-state index is -9.89. The van der Waals surface area contributed by atoms with Crippen LogP contribution in [0.25, 0.3) is 0 Å². The van der Waals surface area contributed by atoms with Crippen LogP contribution in [0.15, 0.2) is 29.2 Å². The molecule has 1 saturated heterocycles. The van der Waals surface area contributed by atoms with Crippen molar-refractivity contribution in [3.8, 4) is 0 Å². The molecular weight excluding hydrogens is 658 g/mol. The van der Waals surface area contributed by atoms with Gasteiger partial charge in [0, 0.05) is 48.8 Å². The van der Waals surface area contributed by atoms with Crippen LogP contribution in [0.1, 0.15) is 132 Å². The number of rotatable bonds is 7. The Kier molecular flexibility index (Phi) is 8.26. The van der Waals surface area contributed by atoms with Gasteiger partial charge in [-0.15, -0.1) is 0 Å². The summed E-state index contributed by atoms with van der Waals surface area (Å²) < 4.78 is 88.3. The maximum Gasteiger partial charge on any atom is 0.310 e. The van der Waals surface area contributed by atoms with Crippen LogP contribution in [0.4, 0.5) is 19.4 Å². The van der Waals surface area contributed by atoms with Crippen molar-refractivity contribution in [3.05, 3.63) is 57.9 Å². The van der Waals surface area contributed by atoms with E-state index in [2.05, 4.69) is 47.7 Å². The number of nitrogens with zero attached hydrogens (tertiary/aromatic N) is 1. The molecule has 5 rings (SSSR count). The van der Waals surface area contributed by atoms with Crippen molar-refractivity contribution in [1.82, 2.24) is 4.98 Å². The summed E-state index contributed by atoms with van der Waals surface area (Å²) in [4.78, 5) is 15.6. The number of carboxylic acid groups (broad SMARTS) is 1. The predicted octanol–water partition coefficient (Wildman–Crippen LogP) is 11.0. The number of fused-ring (bicyclic) bond motifs is 4. The molecule has 1 aromatic carbocycles. The van der Waals surface area contributed by atoms with Crippen LogP contribution in [0.2, 0.25) is 18.1 Å². The first-order chi connectivity index (χ1) is 21.2. The van der Waals surface area contributed by atoms with Gasteiger partial charge in [-0.05, 0) is 59.1 Å². The molecule has 1 spiro atoms. The first-order valence-corrected chi connectivity index (χ1v) is 21.1. The fourth-order valence-corrected chi connectivity index (χ4v) is 9.18. The highest BCUT2D eigenvalue weighted by atomic mass is 32.5. The molecular formula is C34H48F5NO5SSi. The molecule has 1 fully saturated rings. The van der Waals surface area contributed by atoms with E-state index in [0.29, 0.717) is 67.1 Å². The lowest BCUT2D eigenvalue weighted by atomic mass is 9.63. The summed E-state index contributed by atoms with van der Waals surface area (Å²) in [6.07, 6.45) is -0.0121. The Balaban J connectivity index is 1.83. The SMILES string of the molecule is CC(C)c1nc2c(c3c1[C@@H](c1ccc(S(F)(F)(F)(F)F)cc1)OC31CCOCC1)[C@@H](O[Si](C)(C)C(C)(C)C)CC(C)(C)[C@H]2CC(=O)O. The van der Waals surface area contributed by atoms with E-state index in [4.69, 9.17) is 18.9 Å². The van der Waals surface area contributed by atoms with E-state index >= 15 is 0 Å². The zero-order valence-corrected chi connectivity index (χ0v) is 30.5. The molecule has 1 aliphatic carbocycles. The molecule has 0 bridgehead atoms. The highest BCUT2D eigenvalue weighted by molar-refractivity contribution is 8.45. The number of carbonyl (C=O) groups is 1. The Morgan fingerprint density at radius 2 is 1.64 bits per heavy atom. The average Bonchev–Trinajstić information content (AvgIpc) is 3.22. The van der Waals surface area contributed by atoms with Crippen LogP contribution >= 0.6 is 10.2 Å². The number of aliphatic carboxylic acids is 1. The van der Waals surface area contributed by atoms with Crippen molar-refractivity contribution >= 4 is 24.5 Å². The van der Waals surface area contributed by atoms with Crippen LogP contribution in [-0.2, 0) is 24.3 Å². The smallest absolute Gasteiger partial charge is 0.310 e. The van der Waals surface area contributed by atoms with Gasteiger partial charge in [-0.1, -0.05) is 80.0 Å². The van der Waals surface area contributed by atoms with Gasteiger partial charge in [0.25, 0.3) is 0 Å². The van der Waals surface area contributed by atoms with Crippen LogP contribution < -0.4 is 0 Å². The van der Waals surface area contributed by atoms with Crippen molar-refractivity contribution in [3.63, 3.8) is 0 Å². The second kappa shape index (κ2) is 10.7. The Bertz CT molecular complexity index is 1570. The zero-order chi connectivity index (χ0) is 35.2. The lowest BCUT2D eigenvalue weighted by Crippen LogP contribution is -2.46. The van der Waals surface area contributed by atoms with Crippen LogP contribution in [-0.4, -0.2) is 37.6 Å². The third-order valence-electron chi connectivity index (χ3n) is 10.8. The molecule has 3 atom stereocenters. The molecule has 0 amide bonds. The number of halogens is 5. The molecule has 1 aromatic heterocycles. The molecule has 6 nitrogen and oxygen atoms in total. The van der Waals surface area contributed by atoms with Gasteiger partial charge in [-0.3, -0.25) is 9.78 Å². The third kappa shape index (κ3) is 6.63. The van der Waals surface area contributed by atoms with E-state index in [1.54, 1.807) is 0 Å². The molecule has 2 aliphatic heterocycles. The van der Waals surface area contributed by atoms with Crippen molar-refractivity contribution < 1.29 is 43.2 Å². The molecule has 1 N–H and O–H groups in total. The Hall–Kier alpha value is -2.06. The van der Waals surface area contributed by atoms with Gasteiger partial charge in [0.1, 0.15) is 11.0 Å². The molecule has 264 valence electrons. The van der Waals surface area contributed by atoms with Gasteiger partial charge in [0.2, 0.25) is 0 Å².